The van der Waals surface area contributed by atoms with Crippen LogP contribution in [0.25, 0.3) is 0 Å². The summed E-state index contributed by atoms with van der Waals surface area (Å²) >= 11 is 7.45. The lowest BCUT2D eigenvalue weighted by atomic mass is 9.95. The third-order valence-electron chi connectivity index (χ3n) is 5.83. The van der Waals surface area contributed by atoms with E-state index in [0.29, 0.717) is 5.56 Å². The van der Waals surface area contributed by atoms with Gasteiger partial charge in [-0.2, -0.15) is 0 Å². The van der Waals surface area contributed by atoms with Gasteiger partial charge in [0.15, 0.2) is 0 Å². The highest BCUT2D eigenvalue weighted by molar-refractivity contribution is 8.24. The van der Waals surface area contributed by atoms with Crippen molar-refractivity contribution in [2.45, 2.75) is 43.6 Å². The minimum absolute atomic E-state index is 0.0894. The smallest absolute Gasteiger partial charge is 0.141 e. The van der Waals surface area contributed by atoms with E-state index in [-0.39, 0.29) is 29.5 Å². The zero-order chi connectivity index (χ0) is 22.5. The number of hydrogen-bond acceptors (Lipinski definition) is 4. The van der Waals surface area contributed by atoms with Crippen LogP contribution < -0.4 is 4.90 Å². The zero-order valence-corrected chi connectivity index (χ0v) is 19.3. The lowest BCUT2D eigenvalue weighted by Gasteiger charge is -2.29. The summed E-state index contributed by atoms with van der Waals surface area (Å²) in [6.07, 6.45) is 3.86. The first-order valence-electron chi connectivity index (χ1n) is 10.8. The largest absolute Gasteiger partial charge is 0.508 e. The first kappa shape index (κ1) is 22.8. The molecule has 0 aromatic heterocycles. The fraction of sp³-hybridized carbons (Fsp3) is 0.269. The van der Waals surface area contributed by atoms with E-state index in [0.717, 1.165) is 46.8 Å². The topological polar surface area (TPSA) is 43.7 Å². The van der Waals surface area contributed by atoms with E-state index < -0.39 is 0 Å². The number of hydrogen-bond donors (Lipinski definition) is 2. The van der Waals surface area contributed by atoms with Crippen LogP contribution in [0.3, 0.4) is 0 Å². The Morgan fingerprint density at radius 3 is 2.34 bits per heavy atom. The number of rotatable bonds is 8. The number of phenols is 1. The van der Waals surface area contributed by atoms with E-state index in [2.05, 4.69) is 4.90 Å². The van der Waals surface area contributed by atoms with Crippen molar-refractivity contribution in [2.75, 3.05) is 4.90 Å². The molecule has 0 amide bonds. The van der Waals surface area contributed by atoms with E-state index in [1.807, 2.05) is 54.6 Å². The number of aliphatic hydroxyl groups excluding tert-OH is 1. The normalized spacial score (nSPS) is 18.3. The third kappa shape index (κ3) is 5.14. The van der Waals surface area contributed by atoms with Crippen molar-refractivity contribution in [1.82, 2.24) is 0 Å². The van der Waals surface area contributed by atoms with Crippen LogP contribution in [0.2, 0.25) is 0 Å². The zero-order valence-electron chi connectivity index (χ0n) is 17.7. The lowest BCUT2D eigenvalue weighted by molar-refractivity contribution is 0.281. The summed E-state index contributed by atoms with van der Waals surface area (Å²) in [6, 6.07) is 22.0. The third-order valence-corrected chi connectivity index (χ3v) is 7.51. The van der Waals surface area contributed by atoms with Crippen LogP contribution in [0.4, 0.5) is 10.1 Å². The molecule has 3 nitrogen and oxygen atoms in total. The molecular weight excluding hydrogens is 441 g/mol. The number of phenolic OH excluding ortho intramolecular Hbond substituents is 1. The first-order valence-corrected chi connectivity index (χ1v) is 12.1. The molecule has 2 atom stereocenters. The van der Waals surface area contributed by atoms with Gasteiger partial charge in [-0.05, 0) is 60.7 Å². The lowest BCUT2D eigenvalue weighted by Crippen LogP contribution is -2.29. The molecule has 6 heteroatoms. The molecule has 0 aliphatic carbocycles. The molecule has 1 unspecified atom stereocenters. The summed E-state index contributed by atoms with van der Waals surface area (Å²) in [4.78, 5) is 2.14. The fourth-order valence-electron chi connectivity index (χ4n) is 4.20. The Balaban J connectivity index is 1.53. The summed E-state index contributed by atoms with van der Waals surface area (Å²) in [5.41, 5.74) is 3.65. The molecule has 1 fully saturated rings. The molecule has 0 spiro atoms. The Morgan fingerprint density at radius 1 is 0.938 bits per heavy atom. The molecule has 0 radical (unpaired) electrons. The molecule has 1 aliphatic rings. The summed E-state index contributed by atoms with van der Waals surface area (Å²) in [7, 11) is 0. The van der Waals surface area contributed by atoms with Crippen LogP contribution in [0.5, 0.6) is 5.75 Å². The summed E-state index contributed by atoms with van der Waals surface area (Å²) in [5.74, 6) is -0.0235. The molecule has 3 aromatic rings. The summed E-state index contributed by atoms with van der Waals surface area (Å²) in [5, 5.41) is 20.4. The maximum Gasteiger partial charge on any atom is 0.141 e. The van der Waals surface area contributed by atoms with Gasteiger partial charge in [-0.3, -0.25) is 0 Å². The Kier molecular flexibility index (Phi) is 7.45. The number of benzene rings is 3. The van der Waals surface area contributed by atoms with Crippen molar-refractivity contribution in [3.63, 3.8) is 0 Å². The number of nitrogens with zero attached hydrogens (tertiary/aromatic N) is 1. The van der Waals surface area contributed by atoms with Crippen LogP contribution in [0, 0.1) is 5.82 Å². The highest BCUT2D eigenvalue weighted by atomic mass is 32.2. The molecule has 4 rings (SSSR count). The van der Waals surface area contributed by atoms with E-state index in [4.69, 9.17) is 12.2 Å². The van der Waals surface area contributed by atoms with Gasteiger partial charge in [0.2, 0.25) is 0 Å². The van der Waals surface area contributed by atoms with Crippen molar-refractivity contribution in [3.8, 4) is 5.75 Å². The van der Waals surface area contributed by atoms with Crippen molar-refractivity contribution < 1.29 is 14.6 Å². The van der Waals surface area contributed by atoms with Crippen molar-refractivity contribution >= 4 is 34.0 Å². The standard InChI is InChI=1S/C26H26FNO2S2/c27-20-13-10-18(11-14-20)6-4-5-9-24-25(22-15-12-19(17-29)16-23(22)30)28(26(31)32-24)21-7-2-1-3-8-21/h1-3,7-8,10-16,24-25,29-30H,4-6,9,17H2/t24?,25-/m1/s1. The number of aryl methyl sites for hydroxylation is 1. The molecule has 3 aromatic carbocycles. The van der Waals surface area contributed by atoms with Gasteiger partial charge in [0.1, 0.15) is 15.9 Å². The summed E-state index contributed by atoms with van der Waals surface area (Å²) < 4.78 is 13.9. The second-order valence-electron chi connectivity index (χ2n) is 8.00. The maximum absolute atomic E-state index is 13.1. The highest BCUT2D eigenvalue weighted by Gasteiger charge is 2.40. The second-order valence-corrected chi connectivity index (χ2v) is 9.87. The molecule has 0 saturated carbocycles. The van der Waals surface area contributed by atoms with Crippen LogP contribution in [-0.2, 0) is 13.0 Å². The van der Waals surface area contributed by atoms with Crippen molar-refractivity contribution in [3.05, 3.63) is 95.3 Å². The number of anilines is 1. The van der Waals surface area contributed by atoms with Gasteiger partial charge >= 0.3 is 0 Å². The molecule has 0 bridgehead atoms. The SMILES string of the molecule is OCc1ccc([C@@H]2C(CCCCc3ccc(F)cc3)SC(=S)N2c2ccccc2)c(O)c1. The van der Waals surface area contributed by atoms with E-state index in [1.165, 1.54) is 12.1 Å². The van der Waals surface area contributed by atoms with Crippen molar-refractivity contribution in [1.29, 1.82) is 0 Å². The van der Waals surface area contributed by atoms with Gasteiger partial charge < -0.3 is 15.1 Å². The van der Waals surface area contributed by atoms with Crippen molar-refractivity contribution in [2.24, 2.45) is 0 Å². The second kappa shape index (κ2) is 10.5. The molecule has 1 saturated heterocycles. The summed E-state index contributed by atoms with van der Waals surface area (Å²) in [6.45, 7) is -0.110. The minimum Gasteiger partial charge on any atom is -0.508 e. The first-order chi connectivity index (χ1) is 15.6. The predicted octanol–water partition coefficient (Wildman–Crippen LogP) is 6.38. The predicted molar refractivity (Wildman–Crippen MR) is 134 cm³/mol. The quantitative estimate of drug-likeness (QED) is 0.297. The molecule has 166 valence electrons. The number of aromatic hydroxyl groups is 1. The maximum atomic E-state index is 13.1. The number of unbranched alkanes of at least 4 members (excludes halogenated alkanes) is 1. The Morgan fingerprint density at radius 2 is 1.66 bits per heavy atom. The average Bonchev–Trinajstić information content (AvgIpc) is 3.14. The Labute approximate surface area is 197 Å². The van der Waals surface area contributed by atoms with E-state index in [9.17, 15) is 14.6 Å². The number of thiocarbonyl (C=S) groups is 1. The number of halogens is 1. The van der Waals surface area contributed by atoms with Crippen LogP contribution >= 0.6 is 24.0 Å². The number of aliphatic hydroxyl groups is 1. The average molecular weight is 468 g/mol. The molecule has 2 N–H and O–H groups in total. The van der Waals surface area contributed by atoms with E-state index in [1.54, 1.807) is 17.8 Å². The monoisotopic (exact) mass is 467 g/mol. The van der Waals surface area contributed by atoms with E-state index >= 15 is 0 Å². The number of para-hydroxylation sites is 1. The van der Waals surface area contributed by atoms with Crippen LogP contribution in [0.15, 0.2) is 72.8 Å². The Hall–Kier alpha value is -2.41. The fourth-order valence-corrected chi connectivity index (χ4v) is 6.07. The number of thioether (sulfide) groups is 1. The van der Waals surface area contributed by atoms with Gasteiger partial charge in [-0.25, -0.2) is 4.39 Å². The Bertz CT molecular complexity index is 1060. The van der Waals surface area contributed by atoms with Crippen LogP contribution in [-0.4, -0.2) is 19.8 Å². The van der Waals surface area contributed by atoms with Gasteiger partial charge in [0.25, 0.3) is 0 Å². The molecule has 1 aliphatic heterocycles. The van der Waals surface area contributed by atoms with Gasteiger partial charge in [-0.1, -0.05) is 72.9 Å². The van der Waals surface area contributed by atoms with Gasteiger partial charge in [0, 0.05) is 16.5 Å². The minimum atomic E-state index is -0.208. The van der Waals surface area contributed by atoms with Gasteiger partial charge in [0.05, 0.1) is 12.6 Å². The molecule has 32 heavy (non-hydrogen) atoms. The molecule has 1 heterocycles. The highest BCUT2D eigenvalue weighted by Crippen LogP contribution is 2.48. The van der Waals surface area contributed by atoms with Crippen LogP contribution in [0.1, 0.15) is 42.0 Å². The molecular formula is C26H26FNO2S2. The van der Waals surface area contributed by atoms with Gasteiger partial charge in [-0.15, -0.1) is 0 Å².